The number of hydrogen-bond acceptors (Lipinski definition) is 3. The van der Waals surface area contributed by atoms with Crippen LogP contribution in [0.2, 0.25) is 0 Å². The van der Waals surface area contributed by atoms with Crippen LogP contribution in [0.15, 0.2) is 40.2 Å². The number of aromatic nitrogens is 4. The van der Waals surface area contributed by atoms with Crippen LogP contribution in [0.1, 0.15) is 64.1 Å². The average Bonchev–Trinajstić information content (AvgIpc) is 3.07. The van der Waals surface area contributed by atoms with E-state index in [4.69, 9.17) is 0 Å². The second-order valence-corrected chi connectivity index (χ2v) is 9.31. The van der Waals surface area contributed by atoms with E-state index in [1.807, 2.05) is 18.2 Å². The first-order valence-electron chi connectivity index (χ1n) is 9.65. The second kappa shape index (κ2) is 7.35. The molecule has 0 fully saturated rings. The quantitative estimate of drug-likeness (QED) is 0.623. The van der Waals surface area contributed by atoms with Crippen molar-refractivity contribution in [3.63, 3.8) is 0 Å². The molecule has 1 aromatic carbocycles. The fraction of sp³-hybridized carbons (Fsp3) is 0.348. The fourth-order valence-electron chi connectivity index (χ4n) is 3.11. The number of rotatable bonds is 2. The summed E-state index contributed by atoms with van der Waals surface area (Å²) in [4.78, 5) is 37.9. The molecule has 152 valence electrons. The van der Waals surface area contributed by atoms with Gasteiger partial charge in [0.25, 0.3) is 11.1 Å². The Hall–Kier alpha value is -3.15. The van der Waals surface area contributed by atoms with Gasteiger partial charge in [0.2, 0.25) is 0 Å². The molecular weight excluding hydrogens is 364 g/mol. The Morgan fingerprint density at radius 3 is 2.07 bits per heavy atom. The summed E-state index contributed by atoms with van der Waals surface area (Å²) >= 11 is 0. The van der Waals surface area contributed by atoms with Gasteiger partial charge in [-0.2, -0.15) is 0 Å². The van der Waals surface area contributed by atoms with Crippen LogP contribution in [0.25, 0.3) is 12.2 Å². The SMILES string of the molecule is CC(C)(C)c1cccc(/C=c2\[nH]c(=O)/c(=C/c3nc[nH]c3C(C)(C)C)[nH]c2=O)c1. The van der Waals surface area contributed by atoms with Crippen molar-refractivity contribution < 1.29 is 0 Å². The van der Waals surface area contributed by atoms with Crippen molar-refractivity contribution >= 4 is 12.2 Å². The van der Waals surface area contributed by atoms with Gasteiger partial charge < -0.3 is 15.0 Å². The van der Waals surface area contributed by atoms with Gasteiger partial charge in [0.1, 0.15) is 10.7 Å². The predicted octanol–water partition coefficient (Wildman–Crippen LogP) is 2.04. The number of benzene rings is 1. The maximum Gasteiger partial charge on any atom is 0.272 e. The van der Waals surface area contributed by atoms with E-state index in [0.29, 0.717) is 5.69 Å². The molecule has 0 aliphatic heterocycles. The lowest BCUT2D eigenvalue weighted by Gasteiger charge is -2.19. The Bertz CT molecular complexity index is 1260. The van der Waals surface area contributed by atoms with Crippen molar-refractivity contribution in [3.8, 4) is 0 Å². The van der Waals surface area contributed by atoms with E-state index in [1.165, 1.54) is 0 Å². The number of nitrogens with zero attached hydrogens (tertiary/aromatic N) is 1. The molecule has 3 N–H and O–H groups in total. The number of H-pyrrole nitrogens is 3. The van der Waals surface area contributed by atoms with Crippen LogP contribution in [-0.4, -0.2) is 19.9 Å². The molecule has 2 heterocycles. The normalized spacial score (nSPS) is 13.9. The van der Waals surface area contributed by atoms with E-state index in [2.05, 4.69) is 67.5 Å². The summed E-state index contributed by atoms with van der Waals surface area (Å²) in [5, 5.41) is 0.393. The molecule has 6 nitrogen and oxygen atoms in total. The molecule has 2 aromatic heterocycles. The van der Waals surface area contributed by atoms with Gasteiger partial charge in [0.15, 0.2) is 0 Å². The number of hydrogen-bond donors (Lipinski definition) is 3. The third-order valence-corrected chi connectivity index (χ3v) is 4.75. The minimum absolute atomic E-state index is 0.00316. The standard InChI is InChI=1S/C23H28N4O2/c1-22(2,3)15-9-7-8-14(10-15)11-17-20(28)27-18(21(29)26-17)12-16-19(23(4,5)6)25-13-24-16/h7-13H,1-6H3,(H,24,25)(H,26,29)(H,27,28)/b17-11-,18-12-. The molecule has 0 saturated carbocycles. The van der Waals surface area contributed by atoms with Gasteiger partial charge in [-0.25, -0.2) is 4.98 Å². The van der Waals surface area contributed by atoms with E-state index in [0.717, 1.165) is 16.8 Å². The molecule has 0 amide bonds. The lowest BCUT2D eigenvalue weighted by molar-refractivity contribution is 0.571. The Morgan fingerprint density at radius 1 is 0.862 bits per heavy atom. The van der Waals surface area contributed by atoms with E-state index in [9.17, 15) is 9.59 Å². The van der Waals surface area contributed by atoms with Crippen LogP contribution < -0.4 is 21.8 Å². The lowest BCUT2D eigenvalue weighted by Crippen LogP contribution is -2.46. The van der Waals surface area contributed by atoms with Crippen LogP contribution in [0.5, 0.6) is 0 Å². The molecule has 0 radical (unpaired) electrons. The first-order chi connectivity index (χ1) is 13.4. The zero-order valence-corrected chi connectivity index (χ0v) is 17.8. The predicted molar refractivity (Wildman–Crippen MR) is 116 cm³/mol. The van der Waals surface area contributed by atoms with Crippen LogP contribution in [-0.2, 0) is 10.8 Å². The van der Waals surface area contributed by atoms with Crippen molar-refractivity contribution in [2.24, 2.45) is 0 Å². The zero-order chi connectivity index (χ0) is 21.4. The van der Waals surface area contributed by atoms with Crippen molar-refractivity contribution in [3.05, 3.63) is 84.5 Å². The van der Waals surface area contributed by atoms with Crippen LogP contribution in [0, 0.1) is 0 Å². The van der Waals surface area contributed by atoms with Crippen LogP contribution >= 0.6 is 0 Å². The fourth-order valence-corrected chi connectivity index (χ4v) is 3.11. The first-order valence-corrected chi connectivity index (χ1v) is 9.65. The van der Waals surface area contributed by atoms with Gasteiger partial charge >= 0.3 is 0 Å². The molecule has 0 aliphatic rings. The van der Waals surface area contributed by atoms with Gasteiger partial charge in [-0.15, -0.1) is 0 Å². The van der Waals surface area contributed by atoms with Gasteiger partial charge in [0.05, 0.1) is 12.0 Å². The minimum Gasteiger partial charge on any atom is -0.348 e. The number of imidazole rings is 1. The largest absolute Gasteiger partial charge is 0.348 e. The highest BCUT2D eigenvalue weighted by Crippen LogP contribution is 2.23. The van der Waals surface area contributed by atoms with Crippen LogP contribution in [0.3, 0.4) is 0 Å². The maximum atomic E-state index is 12.6. The van der Waals surface area contributed by atoms with Gasteiger partial charge in [-0.1, -0.05) is 65.8 Å². The molecule has 3 rings (SSSR count). The second-order valence-electron chi connectivity index (χ2n) is 9.31. The summed E-state index contributed by atoms with van der Waals surface area (Å²) in [5.74, 6) is 0. The molecule has 0 unspecified atom stereocenters. The molecule has 6 heteroatoms. The smallest absolute Gasteiger partial charge is 0.272 e. The van der Waals surface area contributed by atoms with Gasteiger partial charge in [-0.05, 0) is 28.7 Å². The summed E-state index contributed by atoms with van der Waals surface area (Å²) in [6, 6.07) is 7.94. The van der Waals surface area contributed by atoms with Gasteiger partial charge in [0, 0.05) is 11.1 Å². The summed E-state index contributed by atoms with van der Waals surface area (Å²) in [6.07, 6.45) is 4.87. The molecule has 29 heavy (non-hydrogen) atoms. The van der Waals surface area contributed by atoms with Crippen molar-refractivity contribution in [1.29, 1.82) is 0 Å². The van der Waals surface area contributed by atoms with E-state index in [1.54, 1.807) is 18.5 Å². The summed E-state index contributed by atoms with van der Waals surface area (Å²) in [6.45, 7) is 12.5. The Balaban J connectivity index is 2.11. The minimum atomic E-state index is -0.370. The highest BCUT2D eigenvalue weighted by molar-refractivity contribution is 5.51. The Kier molecular flexibility index (Phi) is 5.22. The van der Waals surface area contributed by atoms with Gasteiger partial charge in [-0.3, -0.25) is 9.59 Å². The molecule has 0 atom stereocenters. The highest BCUT2D eigenvalue weighted by atomic mass is 16.1. The monoisotopic (exact) mass is 392 g/mol. The average molecular weight is 393 g/mol. The first kappa shape index (κ1) is 20.6. The summed E-state index contributed by atoms with van der Waals surface area (Å²) < 4.78 is 0. The molecule has 3 aromatic rings. The lowest BCUT2D eigenvalue weighted by atomic mass is 9.86. The number of aromatic amines is 3. The molecule has 0 saturated heterocycles. The van der Waals surface area contributed by atoms with Crippen molar-refractivity contribution in [1.82, 2.24) is 19.9 Å². The van der Waals surface area contributed by atoms with E-state index in [-0.39, 0.29) is 32.6 Å². The highest BCUT2D eigenvalue weighted by Gasteiger charge is 2.19. The molecular formula is C23H28N4O2. The molecule has 0 aliphatic carbocycles. The van der Waals surface area contributed by atoms with Crippen molar-refractivity contribution in [2.45, 2.75) is 52.4 Å². The molecule has 0 bridgehead atoms. The summed E-state index contributed by atoms with van der Waals surface area (Å²) in [5.41, 5.74) is 2.65. The third-order valence-electron chi connectivity index (χ3n) is 4.75. The maximum absolute atomic E-state index is 12.6. The Labute approximate surface area is 169 Å². The third kappa shape index (κ3) is 4.65. The number of nitrogens with one attached hydrogen (secondary N) is 3. The van der Waals surface area contributed by atoms with E-state index >= 15 is 0 Å². The van der Waals surface area contributed by atoms with Crippen LogP contribution in [0.4, 0.5) is 0 Å². The van der Waals surface area contributed by atoms with E-state index < -0.39 is 0 Å². The Morgan fingerprint density at radius 2 is 1.48 bits per heavy atom. The zero-order valence-electron chi connectivity index (χ0n) is 17.8. The summed E-state index contributed by atoms with van der Waals surface area (Å²) in [7, 11) is 0. The molecule has 0 spiro atoms. The topological polar surface area (TPSA) is 94.4 Å². The van der Waals surface area contributed by atoms with Crippen molar-refractivity contribution in [2.75, 3.05) is 0 Å².